The van der Waals surface area contributed by atoms with E-state index in [1.165, 1.54) is 0 Å². The summed E-state index contributed by atoms with van der Waals surface area (Å²) in [5.74, 6) is 0.101. The van der Waals surface area contributed by atoms with E-state index in [0.717, 1.165) is 50.6 Å². The Labute approximate surface area is 120 Å². The van der Waals surface area contributed by atoms with Crippen molar-refractivity contribution >= 4 is 23.9 Å². The number of hydrogen-bond acceptors (Lipinski definition) is 4. The molecule has 1 saturated heterocycles. The second kappa shape index (κ2) is 7.99. The van der Waals surface area contributed by atoms with Gasteiger partial charge in [-0.25, -0.2) is 0 Å². The average molecular weight is 285 g/mol. The Hall–Kier alpha value is -1.30. The van der Waals surface area contributed by atoms with E-state index in [0.29, 0.717) is 0 Å². The summed E-state index contributed by atoms with van der Waals surface area (Å²) in [6.45, 7) is 5.47. The van der Waals surface area contributed by atoms with Crippen molar-refractivity contribution in [3.05, 3.63) is 29.8 Å². The van der Waals surface area contributed by atoms with Crippen LogP contribution in [0.2, 0.25) is 0 Å². The van der Waals surface area contributed by atoms with Gasteiger partial charge in [0.1, 0.15) is 5.84 Å². The molecule has 106 valence electrons. The number of rotatable bonds is 5. The summed E-state index contributed by atoms with van der Waals surface area (Å²) in [5, 5.41) is 10.9. The first-order valence-electron chi connectivity index (χ1n) is 6.25. The predicted molar refractivity (Wildman–Crippen MR) is 80.5 cm³/mol. The third-order valence-corrected chi connectivity index (χ3v) is 3.06. The first-order chi connectivity index (χ1) is 8.77. The highest BCUT2D eigenvalue weighted by Gasteiger charge is 2.10. The van der Waals surface area contributed by atoms with Crippen LogP contribution in [-0.4, -0.2) is 50.1 Å². The Morgan fingerprint density at radius 3 is 2.68 bits per heavy atom. The third-order valence-electron chi connectivity index (χ3n) is 3.06. The van der Waals surface area contributed by atoms with Gasteiger partial charge in [0.15, 0.2) is 0 Å². The van der Waals surface area contributed by atoms with Crippen molar-refractivity contribution in [1.29, 1.82) is 5.41 Å². The van der Waals surface area contributed by atoms with E-state index >= 15 is 0 Å². The van der Waals surface area contributed by atoms with E-state index in [9.17, 15) is 0 Å². The van der Waals surface area contributed by atoms with Gasteiger partial charge < -0.3 is 15.8 Å². The maximum atomic E-state index is 7.52. The Morgan fingerprint density at radius 2 is 2.00 bits per heavy atom. The number of anilines is 1. The summed E-state index contributed by atoms with van der Waals surface area (Å²) in [5.41, 5.74) is 7.24. The number of amidine groups is 1. The van der Waals surface area contributed by atoms with Gasteiger partial charge in [0.05, 0.1) is 13.2 Å². The average Bonchev–Trinajstić information content (AvgIpc) is 2.40. The molecule has 2 rings (SSSR count). The van der Waals surface area contributed by atoms with Crippen molar-refractivity contribution in [2.45, 2.75) is 0 Å². The quantitative estimate of drug-likeness (QED) is 0.560. The molecule has 1 fully saturated rings. The minimum absolute atomic E-state index is 0. The second-order valence-corrected chi connectivity index (χ2v) is 4.34. The lowest BCUT2D eigenvalue weighted by atomic mass is 10.1. The Morgan fingerprint density at radius 1 is 1.32 bits per heavy atom. The number of halogens is 1. The van der Waals surface area contributed by atoms with Crippen LogP contribution in [0.25, 0.3) is 0 Å². The summed E-state index contributed by atoms with van der Waals surface area (Å²) in [6.07, 6.45) is 0. The zero-order chi connectivity index (χ0) is 12.8. The van der Waals surface area contributed by atoms with Crippen molar-refractivity contribution in [3.8, 4) is 0 Å². The van der Waals surface area contributed by atoms with Crippen LogP contribution < -0.4 is 11.1 Å². The second-order valence-electron chi connectivity index (χ2n) is 4.34. The lowest BCUT2D eigenvalue weighted by Crippen LogP contribution is -2.39. The molecule has 5 nitrogen and oxygen atoms in total. The van der Waals surface area contributed by atoms with E-state index in [1.54, 1.807) is 0 Å². The molecule has 4 N–H and O–H groups in total. The molecule has 19 heavy (non-hydrogen) atoms. The standard InChI is InChI=1S/C13H20N4O.ClH/c14-13(15)11-3-1-2-4-12(11)16-5-6-17-7-9-18-10-8-17;/h1-4,16H,5-10H2,(H3,14,15);1H. The fraction of sp³-hybridized carbons (Fsp3) is 0.462. The SMILES string of the molecule is Cl.N=C(N)c1ccccc1NCCN1CCOCC1. The summed E-state index contributed by atoms with van der Waals surface area (Å²) >= 11 is 0. The topological polar surface area (TPSA) is 74.4 Å². The first-order valence-corrected chi connectivity index (χ1v) is 6.25. The number of nitrogens with two attached hydrogens (primary N) is 1. The van der Waals surface area contributed by atoms with Crippen molar-refractivity contribution < 1.29 is 4.74 Å². The number of nitrogens with one attached hydrogen (secondary N) is 2. The van der Waals surface area contributed by atoms with Gasteiger partial charge in [-0.1, -0.05) is 12.1 Å². The lowest BCUT2D eigenvalue weighted by molar-refractivity contribution is 0.0398. The highest BCUT2D eigenvalue weighted by Crippen LogP contribution is 2.13. The molecule has 0 unspecified atom stereocenters. The molecule has 0 amide bonds. The van der Waals surface area contributed by atoms with Crippen molar-refractivity contribution in [3.63, 3.8) is 0 Å². The molecule has 0 aromatic heterocycles. The van der Waals surface area contributed by atoms with E-state index in [1.807, 2.05) is 24.3 Å². The summed E-state index contributed by atoms with van der Waals surface area (Å²) in [7, 11) is 0. The molecular formula is C13H21ClN4O. The number of ether oxygens (including phenoxy) is 1. The number of morpholine rings is 1. The minimum Gasteiger partial charge on any atom is -0.384 e. The monoisotopic (exact) mass is 284 g/mol. The van der Waals surface area contributed by atoms with Gasteiger partial charge >= 0.3 is 0 Å². The number of hydrogen-bond donors (Lipinski definition) is 3. The molecule has 1 heterocycles. The Bertz CT molecular complexity index is 407. The van der Waals surface area contributed by atoms with Crippen LogP contribution in [-0.2, 0) is 4.74 Å². The molecule has 0 aliphatic carbocycles. The molecule has 0 spiro atoms. The van der Waals surface area contributed by atoms with Crippen LogP contribution in [0, 0.1) is 5.41 Å². The molecule has 1 aliphatic heterocycles. The minimum atomic E-state index is 0. The summed E-state index contributed by atoms with van der Waals surface area (Å²) < 4.78 is 5.31. The van der Waals surface area contributed by atoms with Gasteiger partial charge in [0.25, 0.3) is 0 Å². The summed E-state index contributed by atoms with van der Waals surface area (Å²) in [6, 6.07) is 7.66. The van der Waals surface area contributed by atoms with Gasteiger partial charge in [0, 0.05) is 37.4 Å². The highest BCUT2D eigenvalue weighted by molar-refractivity contribution is 6.00. The fourth-order valence-electron chi connectivity index (χ4n) is 2.05. The highest BCUT2D eigenvalue weighted by atomic mass is 35.5. The molecule has 0 bridgehead atoms. The fourth-order valence-corrected chi connectivity index (χ4v) is 2.05. The number of nitrogen functional groups attached to an aromatic ring is 1. The van der Waals surface area contributed by atoms with E-state index in [2.05, 4.69) is 10.2 Å². The normalized spacial score (nSPS) is 15.6. The number of benzene rings is 1. The van der Waals surface area contributed by atoms with Crippen LogP contribution in [0.4, 0.5) is 5.69 Å². The molecular weight excluding hydrogens is 264 g/mol. The van der Waals surface area contributed by atoms with Crippen molar-refractivity contribution in [1.82, 2.24) is 4.90 Å². The summed E-state index contributed by atoms with van der Waals surface area (Å²) in [4.78, 5) is 2.37. The van der Waals surface area contributed by atoms with Crippen LogP contribution in [0.5, 0.6) is 0 Å². The van der Waals surface area contributed by atoms with Crippen LogP contribution in [0.3, 0.4) is 0 Å². The zero-order valence-electron chi connectivity index (χ0n) is 10.9. The van der Waals surface area contributed by atoms with Gasteiger partial charge in [-0.05, 0) is 12.1 Å². The maximum Gasteiger partial charge on any atom is 0.124 e. The predicted octanol–water partition coefficient (Wildman–Crippen LogP) is 1.14. The molecule has 1 aromatic carbocycles. The van der Waals surface area contributed by atoms with Gasteiger partial charge in [0.2, 0.25) is 0 Å². The maximum absolute atomic E-state index is 7.52. The first kappa shape index (κ1) is 15.8. The van der Waals surface area contributed by atoms with E-state index < -0.39 is 0 Å². The van der Waals surface area contributed by atoms with Crippen molar-refractivity contribution in [2.24, 2.45) is 5.73 Å². The van der Waals surface area contributed by atoms with Crippen molar-refractivity contribution in [2.75, 3.05) is 44.7 Å². The van der Waals surface area contributed by atoms with Crippen LogP contribution in [0.1, 0.15) is 5.56 Å². The van der Waals surface area contributed by atoms with E-state index in [4.69, 9.17) is 15.9 Å². The molecule has 0 atom stereocenters. The molecule has 0 radical (unpaired) electrons. The van der Waals surface area contributed by atoms with Crippen LogP contribution in [0.15, 0.2) is 24.3 Å². The lowest BCUT2D eigenvalue weighted by Gasteiger charge is -2.26. The zero-order valence-corrected chi connectivity index (χ0v) is 11.7. The van der Waals surface area contributed by atoms with E-state index in [-0.39, 0.29) is 18.2 Å². The number of nitrogens with zero attached hydrogens (tertiary/aromatic N) is 1. The molecule has 0 saturated carbocycles. The molecule has 1 aromatic rings. The number of para-hydroxylation sites is 1. The Kier molecular flexibility index (Phi) is 6.62. The van der Waals surface area contributed by atoms with Gasteiger partial charge in [-0.2, -0.15) is 0 Å². The van der Waals surface area contributed by atoms with Gasteiger partial charge in [-0.15, -0.1) is 12.4 Å². The molecule has 6 heteroatoms. The molecule has 1 aliphatic rings. The third kappa shape index (κ3) is 4.70. The largest absolute Gasteiger partial charge is 0.384 e. The smallest absolute Gasteiger partial charge is 0.124 e. The van der Waals surface area contributed by atoms with Crippen LogP contribution >= 0.6 is 12.4 Å². The Balaban J connectivity index is 0.00000180. The van der Waals surface area contributed by atoms with Gasteiger partial charge in [-0.3, -0.25) is 10.3 Å².